The Morgan fingerprint density at radius 1 is 1.53 bits per heavy atom. The highest BCUT2D eigenvalue weighted by Gasteiger charge is 2.13. The third-order valence-corrected chi connectivity index (χ3v) is 2.03. The zero-order valence-corrected chi connectivity index (χ0v) is 9.69. The molecule has 1 N–H and O–H groups in total. The summed E-state index contributed by atoms with van der Waals surface area (Å²) < 4.78 is 4.86. The molecule has 5 heteroatoms. The van der Waals surface area contributed by atoms with Crippen molar-refractivity contribution in [2.75, 3.05) is 7.11 Å². The summed E-state index contributed by atoms with van der Waals surface area (Å²) in [5, 5.41) is 2.58. The van der Waals surface area contributed by atoms with Crippen LogP contribution in [0.1, 0.15) is 19.0 Å². The summed E-state index contributed by atoms with van der Waals surface area (Å²) in [5.74, 6) is -0.305. The van der Waals surface area contributed by atoms with Crippen LogP contribution in [0.2, 0.25) is 0 Å². The monoisotopic (exact) mass is 233 g/mol. The molecule has 0 spiro atoms. The Balaban J connectivity index is 3.16. The van der Waals surface area contributed by atoms with Crippen molar-refractivity contribution < 1.29 is 14.3 Å². The summed E-state index contributed by atoms with van der Waals surface area (Å²) in [6, 6.07) is 5.15. The first kappa shape index (κ1) is 12.9. The molecule has 0 aromatic carbocycles. The minimum Gasteiger partial charge on any atom is -0.491 e. The van der Waals surface area contributed by atoms with Gasteiger partial charge in [-0.25, -0.2) is 0 Å². The van der Waals surface area contributed by atoms with Gasteiger partial charge in [-0.3, -0.25) is 14.6 Å². The average Bonchev–Trinajstić information content (AvgIpc) is 2.39. The Morgan fingerprint density at radius 3 is 2.76 bits per heavy atom. The van der Waals surface area contributed by atoms with Gasteiger partial charge in [-0.05, 0) is 12.1 Å². The minimum atomic E-state index is -0.226. The van der Waals surface area contributed by atoms with Gasteiger partial charge in [0.15, 0.2) is 5.76 Å². The van der Waals surface area contributed by atoms with Crippen LogP contribution in [0.15, 0.2) is 30.2 Å². The molecule has 0 bridgehead atoms. The zero-order valence-electron chi connectivity index (χ0n) is 9.69. The van der Waals surface area contributed by atoms with Gasteiger partial charge in [0, 0.05) is 12.6 Å². The number of amides is 1. The molecule has 89 valence electrons. The predicted octanol–water partition coefficient (Wildman–Crippen LogP) is 1.03. The smallest absolute Gasteiger partial charge is 0.273 e. The molecule has 0 saturated heterocycles. The maximum Gasteiger partial charge on any atom is 0.273 e. The van der Waals surface area contributed by atoms with Gasteiger partial charge < -0.3 is 10.1 Å². The Bertz CT molecular complexity index is 427. The second-order valence-electron chi connectivity index (χ2n) is 3.13. The number of rotatable bonds is 5. The first-order valence-corrected chi connectivity index (χ1v) is 5.10. The van der Waals surface area contributed by atoms with Gasteiger partial charge in [0.25, 0.3) is 6.29 Å². The van der Waals surface area contributed by atoms with Crippen LogP contribution in [0.4, 0.5) is 0 Å². The zero-order chi connectivity index (χ0) is 12.7. The molecule has 1 heterocycles. The molecule has 0 atom stereocenters. The molecule has 1 aromatic heterocycles. The topological polar surface area (TPSA) is 68.3 Å². The van der Waals surface area contributed by atoms with E-state index in [1.807, 2.05) is 0 Å². The predicted molar refractivity (Wildman–Crippen MR) is 62.3 cm³/mol. The number of methoxy groups -OCH3 is 1. The van der Waals surface area contributed by atoms with Crippen LogP contribution < -0.4 is 5.32 Å². The Kier molecular flexibility index (Phi) is 4.87. The van der Waals surface area contributed by atoms with Crippen LogP contribution in [-0.2, 0) is 14.3 Å². The van der Waals surface area contributed by atoms with E-state index >= 15 is 0 Å². The van der Waals surface area contributed by atoms with E-state index in [4.69, 9.17) is 4.74 Å². The van der Waals surface area contributed by atoms with E-state index in [2.05, 4.69) is 10.3 Å². The second-order valence-corrected chi connectivity index (χ2v) is 3.13. The lowest BCUT2D eigenvalue weighted by Crippen LogP contribution is -2.23. The van der Waals surface area contributed by atoms with E-state index in [1.165, 1.54) is 7.11 Å². The minimum absolute atomic E-state index is 0.0782. The van der Waals surface area contributed by atoms with Gasteiger partial charge in [-0.2, -0.15) is 0 Å². The van der Waals surface area contributed by atoms with Gasteiger partial charge in [-0.1, -0.05) is 13.0 Å². The molecular formula is C12H13N2O3. The molecule has 0 unspecified atom stereocenters. The summed E-state index contributed by atoms with van der Waals surface area (Å²) >= 11 is 0. The van der Waals surface area contributed by atoms with Crippen molar-refractivity contribution >= 4 is 17.9 Å². The van der Waals surface area contributed by atoms with Gasteiger partial charge in [0.05, 0.1) is 12.8 Å². The van der Waals surface area contributed by atoms with E-state index in [1.54, 1.807) is 37.6 Å². The quantitative estimate of drug-likeness (QED) is 0.609. The van der Waals surface area contributed by atoms with E-state index in [9.17, 15) is 9.59 Å². The van der Waals surface area contributed by atoms with E-state index < -0.39 is 0 Å². The third kappa shape index (κ3) is 3.41. The van der Waals surface area contributed by atoms with Crippen molar-refractivity contribution in [2.45, 2.75) is 13.3 Å². The molecule has 0 saturated carbocycles. The first-order valence-electron chi connectivity index (χ1n) is 5.10. The Labute approximate surface area is 99.5 Å². The number of nitrogens with zero attached hydrogens (tertiary/aromatic N) is 1. The molecule has 1 rings (SSSR count). The summed E-state index contributed by atoms with van der Waals surface area (Å²) in [7, 11) is 1.33. The molecule has 0 aliphatic rings. The van der Waals surface area contributed by atoms with Crippen molar-refractivity contribution in [3.05, 3.63) is 35.8 Å². The molecule has 17 heavy (non-hydrogen) atoms. The van der Waals surface area contributed by atoms with Crippen molar-refractivity contribution in [1.82, 2.24) is 10.3 Å². The maximum absolute atomic E-state index is 11.4. The standard InChI is InChI=1S/C12H13N2O3/c1-3-11(16)14-12(10(8-15)17-2)9-6-4-5-7-13-9/h4-7H,3H2,1-2H3,(H,14,16)/b12-10+. The van der Waals surface area contributed by atoms with Crippen molar-refractivity contribution in [1.29, 1.82) is 0 Å². The number of carbonyl (C=O) groups excluding carboxylic acids is 2. The highest BCUT2D eigenvalue weighted by atomic mass is 16.5. The van der Waals surface area contributed by atoms with Crippen LogP contribution in [-0.4, -0.2) is 24.3 Å². The number of hydrogen-bond donors (Lipinski definition) is 1. The number of hydrogen-bond acceptors (Lipinski definition) is 4. The van der Waals surface area contributed by atoms with Crippen LogP contribution in [0.5, 0.6) is 0 Å². The highest BCUT2D eigenvalue weighted by molar-refractivity contribution is 5.92. The van der Waals surface area contributed by atoms with E-state index in [0.717, 1.165) is 0 Å². The third-order valence-electron chi connectivity index (χ3n) is 2.03. The lowest BCUT2D eigenvalue weighted by molar-refractivity contribution is -0.119. The van der Waals surface area contributed by atoms with E-state index in [0.29, 0.717) is 12.1 Å². The lowest BCUT2D eigenvalue weighted by Gasteiger charge is -2.10. The fourth-order valence-corrected chi connectivity index (χ4v) is 1.17. The summed E-state index contributed by atoms with van der Waals surface area (Å²) in [4.78, 5) is 26.2. The van der Waals surface area contributed by atoms with Crippen molar-refractivity contribution in [2.24, 2.45) is 0 Å². The number of aromatic nitrogens is 1. The molecule has 1 amide bonds. The van der Waals surface area contributed by atoms with Crippen LogP contribution in [0.3, 0.4) is 0 Å². The van der Waals surface area contributed by atoms with Crippen LogP contribution in [0.25, 0.3) is 5.70 Å². The van der Waals surface area contributed by atoms with Gasteiger partial charge in [0.2, 0.25) is 5.91 Å². The summed E-state index contributed by atoms with van der Waals surface area (Å²) in [6.07, 6.45) is 3.49. The molecule has 5 nitrogen and oxygen atoms in total. The molecule has 0 aliphatic carbocycles. The fourth-order valence-electron chi connectivity index (χ4n) is 1.17. The molecule has 1 aromatic rings. The normalized spacial score (nSPS) is 11.4. The maximum atomic E-state index is 11.4. The molecule has 1 radical (unpaired) electrons. The van der Waals surface area contributed by atoms with Gasteiger partial charge in [-0.15, -0.1) is 0 Å². The largest absolute Gasteiger partial charge is 0.491 e. The summed E-state index contributed by atoms with van der Waals surface area (Å²) in [6.45, 7) is 1.71. The lowest BCUT2D eigenvalue weighted by atomic mass is 10.2. The highest BCUT2D eigenvalue weighted by Crippen LogP contribution is 2.13. The number of ether oxygens (including phenoxy) is 1. The second kappa shape index (κ2) is 6.42. The van der Waals surface area contributed by atoms with Crippen LogP contribution in [0, 0.1) is 0 Å². The fraction of sp³-hybridized carbons (Fsp3) is 0.250. The average molecular weight is 233 g/mol. The number of allylic oxidation sites excluding steroid dienone is 1. The summed E-state index contributed by atoms with van der Waals surface area (Å²) in [5.41, 5.74) is 0.685. The number of pyridine rings is 1. The van der Waals surface area contributed by atoms with Crippen molar-refractivity contribution in [3.63, 3.8) is 0 Å². The molecule has 0 fully saturated rings. The Morgan fingerprint density at radius 2 is 2.29 bits per heavy atom. The molecule has 0 aliphatic heterocycles. The van der Waals surface area contributed by atoms with Gasteiger partial charge >= 0.3 is 0 Å². The van der Waals surface area contributed by atoms with Gasteiger partial charge in [0.1, 0.15) is 5.70 Å². The number of carbonyl (C=O) groups is 1. The first-order chi connectivity index (χ1) is 8.22. The van der Waals surface area contributed by atoms with Crippen LogP contribution >= 0.6 is 0 Å². The Hall–Kier alpha value is -2.17. The van der Waals surface area contributed by atoms with Crippen molar-refractivity contribution in [3.8, 4) is 0 Å². The number of nitrogens with one attached hydrogen (secondary N) is 1. The molecular weight excluding hydrogens is 220 g/mol. The SMILES string of the molecule is CCC(=O)N/C(=C(\[C]=O)OC)c1ccccn1. The van der Waals surface area contributed by atoms with E-state index in [-0.39, 0.29) is 17.4 Å².